The fourth-order valence-corrected chi connectivity index (χ4v) is 21.9. The van der Waals surface area contributed by atoms with E-state index in [2.05, 4.69) is 124 Å². The number of ketones is 4. The second-order valence-electron chi connectivity index (χ2n) is 32.7. The minimum Gasteiger partial charge on any atom is -0.481 e. The fraction of sp³-hybridized carbons (Fsp3) is 0.670. The molecule has 5 rings (SSSR count). The van der Waals surface area contributed by atoms with Gasteiger partial charge in [0.15, 0.2) is 12.2 Å². The first-order valence-electron chi connectivity index (χ1n) is 48.5. The number of aromatic nitrogens is 10. The number of nitrogens with zero attached hydrogens (tertiary/aromatic N) is 5. The Bertz CT molecular complexity index is 4830. The third kappa shape index (κ3) is 60.7. The number of carbonyl (C=O) groups is 10. The Morgan fingerprint density at radius 3 is 0.965 bits per heavy atom. The van der Waals surface area contributed by atoms with Crippen LogP contribution in [0.2, 0.25) is 24.7 Å². The number of hydrogen-bond donors (Lipinski definition) is 20. The number of aromatic amines is 5. The average molecular weight is 2100 g/mol. The zero-order valence-corrected chi connectivity index (χ0v) is 89.5. The number of nitrogens with one attached hydrogen (secondary N) is 13. The third-order valence-corrected chi connectivity index (χ3v) is 30.2. The van der Waals surface area contributed by atoms with Gasteiger partial charge in [-0.2, -0.15) is 25.3 Å². The minimum atomic E-state index is -2.69. The Morgan fingerprint density at radius 2 is 0.634 bits per heavy atom. The van der Waals surface area contributed by atoms with Gasteiger partial charge < -0.3 is 97.5 Å². The Balaban J connectivity index is 0.000000895. The molecule has 0 aliphatic rings. The summed E-state index contributed by atoms with van der Waals surface area (Å²) in [6, 6.07) is 7.72. The summed E-state index contributed by atoms with van der Waals surface area (Å²) in [6.07, 6.45) is 6.72. The number of unbranched alkanes of at least 4 members (excludes halogenated alkanes) is 10. The molecule has 0 aliphatic carbocycles. The maximum Gasteiger partial charge on any atom is 0.500 e. The highest BCUT2D eigenvalue weighted by molar-refractivity contribution is 7.80. The summed E-state index contributed by atoms with van der Waals surface area (Å²) < 4.78 is 46.4. The van der Waals surface area contributed by atoms with Gasteiger partial charge in [0, 0.05) is 206 Å². The van der Waals surface area contributed by atoms with Crippen LogP contribution in [-0.4, -0.2) is 282 Å². The smallest absolute Gasteiger partial charge is 0.481 e. The maximum absolute atomic E-state index is 12.2. The molecular formula is C91H156N18O28S2Si3. The number of amides is 8. The van der Waals surface area contributed by atoms with Gasteiger partial charge in [0.05, 0.1) is 18.8 Å². The zero-order chi connectivity index (χ0) is 106. The molecule has 5 heterocycles. The summed E-state index contributed by atoms with van der Waals surface area (Å²) in [5, 5.41) is 68.3. The lowest BCUT2D eigenvalue weighted by atomic mass is 10.0. The number of Topliss-reactive ketones (excluding diaryl/α,β-unsaturated/α-hetero) is 4. The van der Waals surface area contributed by atoms with Gasteiger partial charge in [0.1, 0.15) is 47.0 Å². The molecule has 0 radical (unpaired) electrons. The molecule has 1 unspecified atom stereocenters. The monoisotopic (exact) mass is 2100 g/mol. The van der Waals surface area contributed by atoms with Crippen LogP contribution >= 0.6 is 25.3 Å². The van der Waals surface area contributed by atoms with Crippen molar-refractivity contribution in [1.82, 2.24) is 76.4 Å². The predicted octanol–water partition coefficient (Wildman–Crippen LogP) is 7.18. The van der Waals surface area contributed by atoms with Crippen LogP contribution in [0.15, 0.2) is 54.3 Å². The van der Waals surface area contributed by atoms with Gasteiger partial charge in [-0.15, -0.1) is 0 Å². The molecule has 0 spiro atoms. The molecule has 5 aromatic rings. The first-order valence-corrected chi connectivity index (χ1v) is 56.1. The van der Waals surface area contributed by atoms with Crippen molar-refractivity contribution < 1.29 is 109 Å². The molecule has 0 aromatic carbocycles. The largest absolute Gasteiger partial charge is 0.500 e. The summed E-state index contributed by atoms with van der Waals surface area (Å²) in [5.74, 6) is -1.94. The predicted molar refractivity (Wildman–Crippen MR) is 547 cm³/mol. The quantitative estimate of drug-likeness (QED) is 0.0104. The van der Waals surface area contributed by atoms with Crippen molar-refractivity contribution in [2.24, 2.45) is 5.92 Å². The number of hydrogen-bond acceptors (Lipinski definition) is 34. The van der Waals surface area contributed by atoms with Crippen LogP contribution in [-0.2, 0) is 81.8 Å². The molecule has 802 valence electrons. The van der Waals surface area contributed by atoms with E-state index in [9.17, 15) is 92.3 Å². The summed E-state index contributed by atoms with van der Waals surface area (Å²) >= 11 is 7.80. The van der Waals surface area contributed by atoms with E-state index in [0.29, 0.717) is 194 Å². The van der Waals surface area contributed by atoms with Gasteiger partial charge in [0.25, 0.3) is 39.6 Å². The van der Waals surface area contributed by atoms with E-state index in [1.165, 1.54) is 30.3 Å². The van der Waals surface area contributed by atoms with Gasteiger partial charge in [-0.25, -0.2) is 39.3 Å². The van der Waals surface area contributed by atoms with E-state index < -0.39 is 92.4 Å². The van der Waals surface area contributed by atoms with Crippen molar-refractivity contribution in [3.05, 3.63) is 122 Å². The second-order valence-corrected chi connectivity index (χ2v) is 42.4. The van der Waals surface area contributed by atoms with Crippen LogP contribution in [0.3, 0.4) is 0 Å². The summed E-state index contributed by atoms with van der Waals surface area (Å²) in [4.78, 5) is 207. The highest BCUT2D eigenvalue weighted by Crippen LogP contribution is 2.23. The van der Waals surface area contributed by atoms with E-state index in [4.69, 9.17) is 40.5 Å². The lowest BCUT2D eigenvalue weighted by Crippen LogP contribution is -2.54. The van der Waals surface area contributed by atoms with E-state index >= 15 is 0 Å². The van der Waals surface area contributed by atoms with Crippen LogP contribution in [0.4, 0.5) is 32.2 Å². The number of aryl methyl sites for hydroxylation is 5. The molecule has 142 heavy (non-hydrogen) atoms. The number of aliphatic carboxylic acids is 1. The number of rotatable bonds is 68. The minimum absolute atomic E-state index is 0.00117. The molecule has 8 amide bonds. The number of carboxylic acids is 1. The molecule has 5 aromatic heterocycles. The van der Waals surface area contributed by atoms with Crippen molar-refractivity contribution in [2.45, 2.75) is 293 Å². The van der Waals surface area contributed by atoms with Gasteiger partial charge in [-0.1, -0.05) is 38.5 Å². The number of H-pyrrole nitrogens is 5. The molecule has 0 fully saturated rings. The van der Waals surface area contributed by atoms with Crippen LogP contribution in [0, 0.1) is 40.5 Å². The third-order valence-electron chi connectivity index (χ3n) is 20.2. The maximum atomic E-state index is 12.2. The Kier molecular flexibility index (Phi) is 69.5. The van der Waals surface area contributed by atoms with Crippen molar-refractivity contribution in [3.8, 4) is 0 Å². The number of carboxylic acid groups (broad SMARTS) is 1. The average Bonchev–Trinajstić information content (AvgIpc) is 0.861. The molecule has 0 aliphatic heterocycles. The highest BCUT2D eigenvalue weighted by atomic mass is 32.1. The molecule has 46 nitrogen and oxygen atoms in total. The standard InChI is InChI=1S/C24H44N4O6Si.C20H32N4O8S.C16H24N4O5S.C16H28N2O4Si.C15H28N4O5Si/c1-5-32-35(33-6-2,34-7-3)18-14-12-16-21(29)15-11-9-8-10-13-17-25-24(31)28-23-26-20(4)19-22(30)27-23;1-11-9-14(26)24-13(23-11)10-12(25)5-3-2-4-6-21-19(31)17(29)15(27)16(28)18(30)20(32)22-7-8-33;1-10-7-13(22)19-15(18-10)20-16(25)17-6-4-2-3-5-12(21)8-11(9-26)14(23)24;1-5-21-23(4,22-6-2)10-8-7-9-14(19)12-15-17-13(3)11-16(20)18-15;1-5-22-25(23-6-2,24-7-3)10-8-9-16-15(21)19-14-17-12(4)11-13(20)18-14/h19H,5-18H2,1-4H3,(H3,25,26,27,28,30,31);9,15-18,27-30,33H,2-8,10H2,1H3,(H,21,31)(H,22,32)(H,23,24,26);7,11,26H,2-6,8-9H2,1H3,(H,23,24)(H3,17,18,19,20,22,25);11H,5-10,12H2,1-4H3,(H,17,18,20);11H,5-10H2,1-4H3,(H3,16,17,18,19,20,21)/t;15-,16+,17+,18-;;;/m.0.../s1. The van der Waals surface area contributed by atoms with Crippen LogP contribution < -0.4 is 70.3 Å². The Labute approximate surface area is 843 Å². The van der Waals surface area contributed by atoms with Gasteiger partial charge in [-0.3, -0.25) is 88.4 Å². The van der Waals surface area contributed by atoms with E-state index in [-0.39, 0.29) is 108 Å². The molecule has 51 heteroatoms. The van der Waals surface area contributed by atoms with E-state index in [0.717, 1.165) is 76.3 Å². The molecule has 5 atom stereocenters. The van der Waals surface area contributed by atoms with Crippen molar-refractivity contribution in [3.63, 3.8) is 0 Å². The van der Waals surface area contributed by atoms with E-state index in [1.807, 2.05) is 55.4 Å². The van der Waals surface area contributed by atoms with Gasteiger partial charge in [-0.05, 0) is 167 Å². The van der Waals surface area contributed by atoms with Crippen molar-refractivity contribution >= 4 is 128 Å². The van der Waals surface area contributed by atoms with Crippen molar-refractivity contribution in [1.29, 1.82) is 0 Å². The first kappa shape index (κ1) is 130. The molecule has 0 bridgehead atoms. The first-order chi connectivity index (χ1) is 67.5. The SMILES string of the molecule is CCO[Si](C)(CCCCC(=O)Cc1nc(C)cc(=O)[nH]1)OCC.CCO[Si](CCCCC(=O)CCCCCCCNC(=O)Nc1nc(C)cc(=O)[nH]1)(OCC)OCC.CCO[Si](CCCNC(=O)Nc1nc(C)cc(=O)[nH]1)(OCC)OCC.Cc1cc(=O)[nH]c(CC(=O)CCCCCNC(=O)[C@H](O)[C@@H](O)[C@@H](O)[C@H](O)C(=O)NCCS)n1.Cc1cc(=O)[nH]c(NC(=O)NCCCCCC(=O)CC(CS)C(=O)O)n1. The molecule has 0 saturated heterocycles. The van der Waals surface area contributed by atoms with E-state index in [1.54, 1.807) is 34.6 Å². The number of carbonyl (C=O) groups excluding carboxylic acids is 9. The number of anilines is 3. The highest BCUT2D eigenvalue weighted by Gasteiger charge is 2.42. The number of aliphatic hydroxyl groups excluding tert-OH is 4. The zero-order valence-electron chi connectivity index (χ0n) is 84.7. The molecular weight excluding hydrogens is 1940 g/mol. The van der Waals surface area contributed by atoms with Crippen LogP contribution in [0.5, 0.6) is 0 Å². The molecule has 0 saturated carbocycles. The van der Waals surface area contributed by atoms with Crippen LogP contribution in [0.25, 0.3) is 0 Å². The van der Waals surface area contributed by atoms with Crippen LogP contribution in [0.1, 0.15) is 237 Å². The number of aliphatic hydroxyl groups is 4. The second kappa shape index (κ2) is 75.9. The normalized spacial score (nSPS) is 12.3. The summed E-state index contributed by atoms with van der Waals surface area (Å²) in [5.41, 5.74) is 1.23. The number of thiol groups is 2. The van der Waals surface area contributed by atoms with Gasteiger partial charge >= 0.3 is 50.2 Å². The van der Waals surface area contributed by atoms with Gasteiger partial charge in [0.2, 0.25) is 17.8 Å². The lowest BCUT2D eigenvalue weighted by molar-refractivity contribution is -0.155. The lowest BCUT2D eigenvalue weighted by Gasteiger charge is -2.28. The fourth-order valence-electron chi connectivity index (χ4n) is 13.8. The molecule has 18 N–H and O–H groups in total. The van der Waals surface area contributed by atoms with Crippen molar-refractivity contribution in [2.75, 3.05) is 113 Å². The topological polar surface area (TPSA) is 671 Å². The summed E-state index contributed by atoms with van der Waals surface area (Å²) in [6.45, 7) is 32.2. The Morgan fingerprint density at radius 1 is 0.352 bits per heavy atom. The number of urea groups is 3. The Hall–Kier alpha value is -9.83. The summed E-state index contributed by atoms with van der Waals surface area (Å²) in [7, 11) is -7.37.